The predicted molar refractivity (Wildman–Crippen MR) is 84.5 cm³/mol. The Balaban J connectivity index is 2.47. The highest BCUT2D eigenvalue weighted by molar-refractivity contribution is 5.84. The van der Waals surface area contributed by atoms with Crippen LogP contribution in [-0.2, 0) is 4.79 Å². The van der Waals surface area contributed by atoms with Gasteiger partial charge in [-0.1, -0.05) is 57.0 Å². The van der Waals surface area contributed by atoms with Gasteiger partial charge in [0.15, 0.2) is 0 Å². The third-order valence-corrected chi connectivity index (χ3v) is 3.56. The molecular formula is C17H28N2O. The Hall–Kier alpha value is -1.35. The maximum Gasteiger partial charge on any atom is 0.229 e. The zero-order valence-corrected chi connectivity index (χ0v) is 12.9. The van der Waals surface area contributed by atoms with Gasteiger partial charge in [0.2, 0.25) is 5.91 Å². The first-order chi connectivity index (χ1) is 9.54. The van der Waals surface area contributed by atoms with Crippen LogP contribution in [0.3, 0.4) is 0 Å². The molecule has 0 aliphatic carbocycles. The molecule has 2 unspecified atom stereocenters. The van der Waals surface area contributed by atoms with Crippen LogP contribution in [0.2, 0.25) is 0 Å². The minimum atomic E-state index is -0.247. The van der Waals surface area contributed by atoms with E-state index in [1.165, 1.54) is 6.42 Å². The molecule has 0 saturated heterocycles. The average Bonchev–Trinajstić information content (AvgIpc) is 2.40. The summed E-state index contributed by atoms with van der Waals surface area (Å²) in [5.74, 6) is 0.513. The highest BCUT2D eigenvalue weighted by Gasteiger charge is 2.20. The summed E-state index contributed by atoms with van der Waals surface area (Å²) in [5.41, 5.74) is 6.75. The quantitative estimate of drug-likeness (QED) is 0.766. The van der Waals surface area contributed by atoms with E-state index >= 15 is 0 Å². The largest absolute Gasteiger partial charge is 0.353 e. The van der Waals surface area contributed by atoms with Crippen molar-refractivity contribution in [1.29, 1.82) is 0 Å². The first kappa shape index (κ1) is 16.7. The number of carbonyl (C=O) groups is 1. The number of nitrogens with two attached hydrogens (primary N) is 1. The summed E-state index contributed by atoms with van der Waals surface area (Å²) in [7, 11) is 0. The number of hydrogen-bond acceptors (Lipinski definition) is 2. The van der Waals surface area contributed by atoms with Gasteiger partial charge >= 0.3 is 0 Å². The lowest BCUT2D eigenvalue weighted by Gasteiger charge is -2.19. The molecule has 2 atom stereocenters. The topological polar surface area (TPSA) is 55.1 Å². The standard InChI is InChI=1S/C17H28N2O/c1-13(2)8-7-9-14(3)19-17(20)16(12-18)15-10-5-4-6-11-15/h4-6,10-11,13-14,16H,7-9,12,18H2,1-3H3,(H,19,20). The first-order valence-corrected chi connectivity index (χ1v) is 7.60. The van der Waals surface area contributed by atoms with Gasteiger partial charge in [0.1, 0.15) is 0 Å². The predicted octanol–water partition coefficient (Wildman–Crippen LogP) is 3.06. The second-order valence-corrected chi connectivity index (χ2v) is 5.93. The lowest BCUT2D eigenvalue weighted by atomic mass is 9.97. The van der Waals surface area contributed by atoms with Gasteiger partial charge in [-0.2, -0.15) is 0 Å². The van der Waals surface area contributed by atoms with Crippen LogP contribution in [0.15, 0.2) is 30.3 Å². The molecule has 0 aromatic heterocycles. The number of benzene rings is 1. The smallest absolute Gasteiger partial charge is 0.229 e. The van der Waals surface area contributed by atoms with E-state index in [4.69, 9.17) is 5.73 Å². The van der Waals surface area contributed by atoms with Gasteiger partial charge in [0.25, 0.3) is 0 Å². The summed E-state index contributed by atoms with van der Waals surface area (Å²) in [6.45, 7) is 6.86. The molecule has 1 aromatic rings. The van der Waals surface area contributed by atoms with Crippen molar-refractivity contribution in [3.05, 3.63) is 35.9 Å². The van der Waals surface area contributed by atoms with Gasteiger partial charge in [-0.3, -0.25) is 4.79 Å². The van der Waals surface area contributed by atoms with Gasteiger partial charge in [0.05, 0.1) is 5.92 Å². The third kappa shape index (κ3) is 5.74. The molecule has 0 heterocycles. The van der Waals surface area contributed by atoms with Gasteiger partial charge < -0.3 is 11.1 Å². The Kier molecular flexibility index (Phi) is 7.31. The lowest BCUT2D eigenvalue weighted by Crippen LogP contribution is -2.38. The summed E-state index contributed by atoms with van der Waals surface area (Å²) in [6, 6.07) is 9.96. The van der Waals surface area contributed by atoms with E-state index in [0.717, 1.165) is 24.3 Å². The molecule has 0 saturated carbocycles. The summed E-state index contributed by atoms with van der Waals surface area (Å²) in [4.78, 5) is 12.3. The molecule has 0 bridgehead atoms. The summed E-state index contributed by atoms with van der Waals surface area (Å²) in [5, 5.41) is 3.08. The number of amides is 1. The Morgan fingerprint density at radius 3 is 2.35 bits per heavy atom. The van der Waals surface area contributed by atoms with Crippen molar-refractivity contribution in [1.82, 2.24) is 5.32 Å². The van der Waals surface area contributed by atoms with Crippen molar-refractivity contribution in [3.8, 4) is 0 Å². The average molecular weight is 276 g/mol. The van der Waals surface area contributed by atoms with E-state index in [9.17, 15) is 4.79 Å². The summed E-state index contributed by atoms with van der Waals surface area (Å²) in [6.07, 6.45) is 3.38. The van der Waals surface area contributed by atoms with Crippen LogP contribution in [0.25, 0.3) is 0 Å². The van der Waals surface area contributed by atoms with Crippen molar-refractivity contribution >= 4 is 5.91 Å². The van der Waals surface area contributed by atoms with Gasteiger partial charge in [-0.25, -0.2) is 0 Å². The van der Waals surface area contributed by atoms with Gasteiger partial charge in [-0.05, 0) is 24.8 Å². The normalized spacial score (nSPS) is 14.1. The van der Waals surface area contributed by atoms with Crippen molar-refractivity contribution in [2.45, 2.75) is 52.0 Å². The van der Waals surface area contributed by atoms with Gasteiger partial charge in [0, 0.05) is 12.6 Å². The molecule has 3 heteroatoms. The number of rotatable bonds is 8. The van der Waals surface area contributed by atoms with E-state index in [1.807, 2.05) is 30.3 Å². The molecule has 1 rings (SSSR count). The van der Waals surface area contributed by atoms with Crippen LogP contribution in [0.1, 0.15) is 51.5 Å². The number of hydrogen-bond donors (Lipinski definition) is 2. The van der Waals surface area contributed by atoms with Crippen molar-refractivity contribution in [3.63, 3.8) is 0 Å². The zero-order valence-electron chi connectivity index (χ0n) is 12.9. The second-order valence-electron chi connectivity index (χ2n) is 5.93. The molecule has 0 fully saturated rings. The van der Waals surface area contributed by atoms with Crippen LogP contribution in [0.5, 0.6) is 0 Å². The highest BCUT2D eigenvalue weighted by atomic mass is 16.1. The Morgan fingerprint density at radius 2 is 1.80 bits per heavy atom. The third-order valence-electron chi connectivity index (χ3n) is 3.56. The molecule has 20 heavy (non-hydrogen) atoms. The van der Waals surface area contributed by atoms with E-state index in [1.54, 1.807) is 0 Å². The molecule has 1 amide bonds. The van der Waals surface area contributed by atoms with E-state index in [2.05, 4.69) is 26.1 Å². The summed E-state index contributed by atoms with van der Waals surface area (Å²) < 4.78 is 0. The minimum absolute atomic E-state index is 0.0377. The molecule has 112 valence electrons. The maximum absolute atomic E-state index is 12.3. The molecule has 0 spiro atoms. The number of nitrogens with one attached hydrogen (secondary N) is 1. The Bertz CT molecular complexity index is 389. The molecule has 3 N–H and O–H groups in total. The monoisotopic (exact) mass is 276 g/mol. The van der Waals surface area contributed by atoms with Crippen LogP contribution in [0, 0.1) is 5.92 Å². The van der Waals surface area contributed by atoms with Crippen LogP contribution in [-0.4, -0.2) is 18.5 Å². The SMILES string of the molecule is CC(C)CCCC(C)NC(=O)C(CN)c1ccccc1. The fourth-order valence-corrected chi connectivity index (χ4v) is 2.33. The van der Waals surface area contributed by atoms with Crippen molar-refractivity contribution in [2.75, 3.05) is 6.54 Å². The number of carbonyl (C=O) groups excluding carboxylic acids is 1. The van der Waals surface area contributed by atoms with Crippen LogP contribution >= 0.6 is 0 Å². The van der Waals surface area contributed by atoms with E-state index < -0.39 is 0 Å². The fourth-order valence-electron chi connectivity index (χ4n) is 2.33. The summed E-state index contributed by atoms with van der Waals surface area (Å²) >= 11 is 0. The fraction of sp³-hybridized carbons (Fsp3) is 0.588. The highest BCUT2D eigenvalue weighted by Crippen LogP contribution is 2.15. The molecule has 0 aliphatic heterocycles. The van der Waals surface area contributed by atoms with Crippen molar-refractivity contribution in [2.24, 2.45) is 11.7 Å². The molecular weight excluding hydrogens is 248 g/mol. The molecule has 1 aromatic carbocycles. The van der Waals surface area contributed by atoms with E-state index in [-0.39, 0.29) is 17.9 Å². The Labute approximate surface area is 122 Å². The Morgan fingerprint density at radius 1 is 1.15 bits per heavy atom. The van der Waals surface area contributed by atoms with Crippen LogP contribution < -0.4 is 11.1 Å². The first-order valence-electron chi connectivity index (χ1n) is 7.60. The second kappa shape index (κ2) is 8.75. The molecule has 3 nitrogen and oxygen atoms in total. The molecule has 0 aliphatic rings. The minimum Gasteiger partial charge on any atom is -0.353 e. The van der Waals surface area contributed by atoms with Gasteiger partial charge in [-0.15, -0.1) is 0 Å². The molecule has 0 radical (unpaired) electrons. The lowest BCUT2D eigenvalue weighted by molar-refractivity contribution is -0.123. The maximum atomic E-state index is 12.3. The zero-order chi connectivity index (χ0) is 15.0. The van der Waals surface area contributed by atoms with E-state index in [0.29, 0.717) is 6.54 Å². The van der Waals surface area contributed by atoms with Crippen molar-refractivity contribution < 1.29 is 4.79 Å². The van der Waals surface area contributed by atoms with Crippen LogP contribution in [0.4, 0.5) is 0 Å².